The summed E-state index contributed by atoms with van der Waals surface area (Å²) in [6, 6.07) is 0.447. The van der Waals surface area contributed by atoms with Gasteiger partial charge in [-0.05, 0) is 34.9 Å². The quantitative estimate of drug-likeness (QED) is 0.363. The first-order valence-electron chi connectivity index (χ1n) is 8.24. The zero-order valence-corrected chi connectivity index (χ0v) is 18.5. The third-order valence-corrected chi connectivity index (χ3v) is 3.94. The number of aliphatic imine (C=N–C) groups is 1. The average Bonchev–Trinajstić information content (AvgIpc) is 2.40. The molecule has 2 N–H and O–H groups in total. The molecule has 1 fully saturated rings. The van der Waals surface area contributed by atoms with Crippen LogP contribution in [0, 0.1) is 0 Å². The first-order valence-corrected chi connectivity index (χ1v) is 8.24. The van der Waals surface area contributed by atoms with E-state index in [2.05, 4.69) is 39.5 Å². The number of guanidine groups is 1. The maximum Gasteiger partial charge on any atom is 0.240 e. The van der Waals surface area contributed by atoms with Crippen LogP contribution in [0.4, 0.5) is 0 Å². The molecule has 0 bridgehead atoms. The molecular weight excluding hydrogens is 419 g/mol. The number of amides is 1. The molecular formula is C16H35IN6O. The van der Waals surface area contributed by atoms with Gasteiger partial charge in [0.05, 0.1) is 6.54 Å². The minimum absolute atomic E-state index is 0. The molecule has 0 aromatic heterocycles. The van der Waals surface area contributed by atoms with Crippen LogP contribution in [-0.4, -0.2) is 99.1 Å². The molecule has 1 heterocycles. The van der Waals surface area contributed by atoms with Gasteiger partial charge < -0.3 is 20.4 Å². The lowest BCUT2D eigenvalue weighted by molar-refractivity contribution is -0.122. The standard InChI is InChI=1S/C16H34N6O.HI/c1-16(2,3)19-14(23)12-22(7)15(17-4)18-10-13-11-20(5)8-9-21(13)6;/h13H,8-12H2,1-7H3,(H,17,18)(H,19,23);1H. The third-order valence-electron chi connectivity index (χ3n) is 3.94. The number of nitrogens with zero attached hydrogens (tertiary/aromatic N) is 4. The number of piperazine rings is 1. The second-order valence-electron chi connectivity index (χ2n) is 7.48. The number of carbonyl (C=O) groups is 1. The van der Waals surface area contributed by atoms with Gasteiger partial charge in [-0.2, -0.15) is 0 Å². The Morgan fingerprint density at radius 1 is 1.29 bits per heavy atom. The summed E-state index contributed by atoms with van der Waals surface area (Å²) in [7, 11) is 7.94. The average molecular weight is 454 g/mol. The molecule has 0 saturated carbocycles. The van der Waals surface area contributed by atoms with Gasteiger partial charge in [0.25, 0.3) is 0 Å². The Kier molecular flexibility index (Phi) is 10.1. The Labute approximate surface area is 164 Å². The van der Waals surface area contributed by atoms with Gasteiger partial charge in [-0.3, -0.25) is 14.7 Å². The van der Waals surface area contributed by atoms with E-state index in [4.69, 9.17) is 0 Å². The number of carbonyl (C=O) groups excluding carboxylic acids is 1. The topological polar surface area (TPSA) is 63.2 Å². The van der Waals surface area contributed by atoms with Gasteiger partial charge in [-0.1, -0.05) is 0 Å². The summed E-state index contributed by atoms with van der Waals surface area (Å²) in [6.45, 7) is 10.3. The maximum atomic E-state index is 12.0. The van der Waals surface area contributed by atoms with Gasteiger partial charge in [0.15, 0.2) is 5.96 Å². The van der Waals surface area contributed by atoms with Crippen LogP contribution in [0.15, 0.2) is 4.99 Å². The molecule has 0 aromatic rings. The Bertz CT molecular complexity index is 423. The summed E-state index contributed by atoms with van der Waals surface area (Å²) >= 11 is 0. The zero-order chi connectivity index (χ0) is 17.6. The molecule has 1 atom stereocenters. The fraction of sp³-hybridized carbons (Fsp3) is 0.875. The second-order valence-corrected chi connectivity index (χ2v) is 7.48. The lowest BCUT2D eigenvalue weighted by Gasteiger charge is -2.38. The highest BCUT2D eigenvalue weighted by Gasteiger charge is 2.23. The van der Waals surface area contributed by atoms with E-state index in [0.717, 1.165) is 32.1 Å². The molecule has 7 nitrogen and oxygen atoms in total. The van der Waals surface area contributed by atoms with Crippen LogP contribution in [0.25, 0.3) is 0 Å². The number of rotatable bonds is 4. The Morgan fingerprint density at radius 3 is 2.46 bits per heavy atom. The molecule has 0 aromatic carbocycles. The van der Waals surface area contributed by atoms with Crippen LogP contribution < -0.4 is 10.6 Å². The Morgan fingerprint density at radius 2 is 1.92 bits per heavy atom. The van der Waals surface area contributed by atoms with Crippen molar-refractivity contribution >= 4 is 35.8 Å². The highest BCUT2D eigenvalue weighted by Crippen LogP contribution is 2.05. The molecule has 1 unspecified atom stereocenters. The van der Waals surface area contributed by atoms with Crippen molar-refractivity contribution in [1.82, 2.24) is 25.3 Å². The first-order chi connectivity index (χ1) is 10.6. The molecule has 1 aliphatic heterocycles. The number of hydrogen-bond donors (Lipinski definition) is 2. The molecule has 1 saturated heterocycles. The van der Waals surface area contributed by atoms with Gasteiger partial charge in [0, 0.05) is 51.9 Å². The van der Waals surface area contributed by atoms with Crippen molar-refractivity contribution in [2.24, 2.45) is 4.99 Å². The molecule has 8 heteroatoms. The molecule has 142 valence electrons. The summed E-state index contributed by atoms with van der Waals surface area (Å²) in [4.78, 5) is 22.9. The predicted octanol–water partition coefficient (Wildman–Crippen LogP) is 0.272. The predicted molar refractivity (Wildman–Crippen MR) is 111 cm³/mol. The van der Waals surface area contributed by atoms with Gasteiger partial charge >= 0.3 is 0 Å². The fourth-order valence-electron chi connectivity index (χ4n) is 2.66. The van der Waals surface area contributed by atoms with Crippen LogP contribution in [0.3, 0.4) is 0 Å². The van der Waals surface area contributed by atoms with Gasteiger partial charge in [-0.25, -0.2) is 0 Å². The molecule has 0 radical (unpaired) electrons. The lowest BCUT2D eigenvalue weighted by Crippen LogP contribution is -2.56. The van der Waals surface area contributed by atoms with E-state index in [1.165, 1.54) is 0 Å². The van der Waals surface area contributed by atoms with Crippen molar-refractivity contribution < 1.29 is 4.79 Å². The number of hydrogen-bond acceptors (Lipinski definition) is 4. The van der Waals surface area contributed by atoms with Crippen molar-refractivity contribution in [1.29, 1.82) is 0 Å². The summed E-state index contributed by atoms with van der Waals surface area (Å²) < 4.78 is 0. The van der Waals surface area contributed by atoms with Crippen molar-refractivity contribution in [2.45, 2.75) is 32.4 Å². The molecule has 1 amide bonds. The molecule has 24 heavy (non-hydrogen) atoms. The molecule has 1 rings (SSSR count). The van der Waals surface area contributed by atoms with E-state index in [-0.39, 0.29) is 42.0 Å². The maximum absolute atomic E-state index is 12.0. The van der Waals surface area contributed by atoms with Gasteiger partial charge in [-0.15, -0.1) is 24.0 Å². The molecule has 0 spiro atoms. The Hall–Kier alpha value is -0.610. The number of halogens is 1. The normalized spacial score (nSPS) is 20.3. The van der Waals surface area contributed by atoms with E-state index >= 15 is 0 Å². The lowest BCUT2D eigenvalue weighted by atomic mass is 10.1. The monoisotopic (exact) mass is 454 g/mol. The summed E-state index contributed by atoms with van der Waals surface area (Å²) in [5.41, 5.74) is -0.218. The molecule has 0 aliphatic carbocycles. The van der Waals surface area contributed by atoms with E-state index < -0.39 is 0 Å². The largest absolute Gasteiger partial charge is 0.355 e. The van der Waals surface area contributed by atoms with Gasteiger partial charge in [0.2, 0.25) is 5.91 Å². The summed E-state index contributed by atoms with van der Waals surface area (Å²) in [5, 5.41) is 6.35. The fourth-order valence-corrected chi connectivity index (χ4v) is 2.66. The van der Waals surface area contributed by atoms with E-state index in [0.29, 0.717) is 6.04 Å². The van der Waals surface area contributed by atoms with Crippen molar-refractivity contribution in [3.05, 3.63) is 0 Å². The van der Waals surface area contributed by atoms with Crippen molar-refractivity contribution in [3.8, 4) is 0 Å². The minimum Gasteiger partial charge on any atom is -0.355 e. The highest BCUT2D eigenvalue weighted by atomic mass is 127. The first kappa shape index (κ1) is 23.4. The van der Waals surface area contributed by atoms with Crippen LogP contribution in [-0.2, 0) is 4.79 Å². The Balaban J connectivity index is 0.00000529. The second kappa shape index (κ2) is 10.4. The van der Waals surface area contributed by atoms with Gasteiger partial charge in [0.1, 0.15) is 0 Å². The van der Waals surface area contributed by atoms with Crippen LogP contribution >= 0.6 is 24.0 Å². The minimum atomic E-state index is -0.218. The number of nitrogens with one attached hydrogen (secondary N) is 2. The van der Waals surface area contributed by atoms with E-state index in [9.17, 15) is 4.79 Å². The van der Waals surface area contributed by atoms with Crippen LogP contribution in [0.5, 0.6) is 0 Å². The van der Waals surface area contributed by atoms with Crippen LogP contribution in [0.2, 0.25) is 0 Å². The third kappa shape index (κ3) is 8.48. The SMILES string of the molecule is CN=C(NCC1CN(C)CCN1C)N(C)CC(=O)NC(C)(C)C.I. The van der Waals surface area contributed by atoms with Crippen molar-refractivity contribution in [3.63, 3.8) is 0 Å². The highest BCUT2D eigenvalue weighted by molar-refractivity contribution is 14.0. The summed E-state index contributed by atoms with van der Waals surface area (Å²) in [5.74, 6) is 0.744. The number of likely N-dealkylation sites (N-methyl/N-ethyl adjacent to an activating group) is 3. The van der Waals surface area contributed by atoms with Crippen molar-refractivity contribution in [2.75, 3.05) is 60.9 Å². The van der Waals surface area contributed by atoms with Crippen LogP contribution in [0.1, 0.15) is 20.8 Å². The van der Waals surface area contributed by atoms with E-state index in [1.807, 2.05) is 32.7 Å². The summed E-state index contributed by atoms with van der Waals surface area (Å²) in [6.07, 6.45) is 0. The zero-order valence-electron chi connectivity index (χ0n) is 16.2. The smallest absolute Gasteiger partial charge is 0.240 e. The molecule has 1 aliphatic rings. The van der Waals surface area contributed by atoms with E-state index in [1.54, 1.807) is 7.05 Å².